The third-order valence-corrected chi connectivity index (χ3v) is 6.43. The first kappa shape index (κ1) is 21.4. The van der Waals surface area contributed by atoms with E-state index in [4.69, 9.17) is 16.6 Å². The molecule has 5 aromatic rings. The smallest absolute Gasteiger partial charge is 0.266 e. The fraction of sp³-hybridized carbons (Fsp3) is 0.120. The molecule has 6 nitrogen and oxygen atoms in total. The minimum Gasteiger partial charge on any atom is -0.269 e. The molecule has 0 bridgehead atoms. The van der Waals surface area contributed by atoms with E-state index in [0.717, 1.165) is 16.8 Å². The molecular weight excluding hydrogens is 456 g/mol. The van der Waals surface area contributed by atoms with Crippen LogP contribution in [0.1, 0.15) is 16.8 Å². The predicted molar refractivity (Wildman–Crippen MR) is 133 cm³/mol. The van der Waals surface area contributed by atoms with E-state index in [1.807, 2.05) is 44.2 Å². The number of para-hydroxylation sites is 1. The summed E-state index contributed by atoms with van der Waals surface area (Å²) in [5.41, 5.74) is 4.28. The van der Waals surface area contributed by atoms with Gasteiger partial charge in [-0.05, 0) is 61.4 Å². The molecule has 5 rings (SSSR count). The van der Waals surface area contributed by atoms with Gasteiger partial charge >= 0.3 is 0 Å². The van der Waals surface area contributed by atoms with E-state index in [1.54, 1.807) is 29.0 Å². The Morgan fingerprint density at radius 1 is 0.939 bits per heavy atom. The first-order chi connectivity index (χ1) is 15.9. The molecule has 3 heterocycles. The highest BCUT2D eigenvalue weighted by Gasteiger charge is 2.15. The van der Waals surface area contributed by atoms with E-state index in [0.29, 0.717) is 38.2 Å². The van der Waals surface area contributed by atoms with E-state index >= 15 is 0 Å². The Morgan fingerprint density at radius 2 is 1.70 bits per heavy atom. The first-order valence-corrected chi connectivity index (χ1v) is 11.7. The maximum absolute atomic E-state index is 13.5. The van der Waals surface area contributed by atoms with Crippen molar-refractivity contribution in [3.05, 3.63) is 109 Å². The van der Waals surface area contributed by atoms with Crippen molar-refractivity contribution in [1.29, 1.82) is 0 Å². The number of fused-ring (bicyclic) bond motifs is 2. The summed E-state index contributed by atoms with van der Waals surface area (Å²) < 4.78 is 3.05. The average Bonchev–Trinajstić information content (AvgIpc) is 2.77. The van der Waals surface area contributed by atoms with Crippen molar-refractivity contribution in [3.63, 3.8) is 0 Å². The summed E-state index contributed by atoms with van der Waals surface area (Å²) in [4.78, 5) is 35.4. The molecule has 8 heteroatoms. The van der Waals surface area contributed by atoms with Crippen molar-refractivity contribution in [2.24, 2.45) is 0 Å². The number of thioether (sulfide) groups is 1. The van der Waals surface area contributed by atoms with E-state index in [9.17, 15) is 9.59 Å². The highest BCUT2D eigenvalue weighted by Crippen LogP contribution is 2.25. The van der Waals surface area contributed by atoms with Crippen molar-refractivity contribution in [3.8, 4) is 5.69 Å². The zero-order valence-corrected chi connectivity index (χ0v) is 19.5. The summed E-state index contributed by atoms with van der Waals surface area (Å²) in [6.07, 6.45) is 1.55. The van der Waals surface area contributed by atoms with Gasteiger partial charge < -0.3 is 0 Å². The molecule has 0 amide bonds. The van der Waals surface area contributed by atoms with Gasteiger partial charge in [-0.2, -0.15) is 0 Å². The molecule has 0 fully saturated rings. The van der Waals surface area contributed by atoms with Crippen LogP contribution in [0.2, 0.25) is 5.02 Å². The molecule has 164 valence electrons. The van der Waals surface area contributed by atoms with Gasteiger partial charge in [0.15, 0.2) is 5.16 Å². The predicted octanol–water partition coefficient (Wildman–Crippen LogP) is 4.96. The Balaban J connectivity index is 1.62. The number of nitrogens with zero attached hydrogens (tertiary/aromatic N) is 4. The zero-order valence-electron chi connectivity index (χ0n) is 17.9. The minimum atomic E-state index is -0.212. The summed E-state index contributed by atoms with van der Waals surface area (Å²) >= 11 is 7.37. The molecule has 0 aliphatic carbocycles. The van der Waals surface area contributed by atoms with Crippen LogP contribution >= 0.6 is 23.4 Å². The number of rotatable bonds is 4. The topological polar surface area (TPSA) is 69.3 Å². The lowest BCUT2D eigenvalue weighted by Gasteiger charge is -2.14. The first-order valence-electron chi connectivity index (χ1n) is 10.3. The average molecular weight is 475 g/mol. The number of aryl methyl sites for hydroxylation is 2. The Labute approximate surface area is 198 Å². The van der Waals surface area contributed by atoms with Gasteiger partial charge in [-0.25, -0.2) is 9.97 Å². The molecular formula is C25H19ClN4O2S. The van der Waals surface area contributed by atoms with Crippen molar-refractivity contribution in [2.75, 3.05) is 0 Å². The summed E-state index contributed by atoms with van der Waals surface area (Å²) in [5.74, 6) is 0.379. The van der Waals surface area contributed by atoms with Gasteiger partial charge in [0.2, 0.25) is 0 Å². The maximum atomic E-state index is 13.5. The third-order valence-electron chi connectivity index (χ3n) is 5.24. The molecule has 0 atom stereocenters. The number of hydrogen-bond acceptors (Lipinski definition) is 5. The number of halogens is 1. The Hall–Kier alpha value is -3.42. The van der Waals surface area contributed by atoms with E-state index in [2.05, 4.69) is 11.1 Å². The number of pyridine rings is 1. The quantitative estimate of drug-likeness (QED) is 0.272. The van der Waals surface area contributed by atoms with Crippen LogP contribution in [0.25, 0.3) is 22.2 Å². The largest absolute Gasteiger partial charge is 0.269 e. The molecule has 33 heavy (non-hydrogen) atoms. The Bertz CT molecular complexity index is 1640. The SMILES string of the molecule is Cc1cc(C)cc(-n2c(SCc3cc(=O)n4cc(Cl)ccc4n3)nc3ccccc3c2=O)c1. The Morgan fingerprint density at radius 3 is 2.48 bits per heavy atom. The summed E-state index contributed by atoms with van der Waals surface area (Å²) in [6, 6.07) is 18.2. The second-order valence-corrected chi connectivity index (χ2v) is 9.23. The van der Waals surface area contributed by atoms with Gasteiger partial charge in [0.1, 0.15) is 5.65 Å². The van der Waals surface area contributed by atoms with Crippen LogP contribution in [0.4, 0.5) is 0 Å². The van der Waals surface area contributed by atoms with Crippen LogP contribution in [0.15, 0.2) is 81.6 Å². The summed E-state index contributed by atoms with van der Waals surface area (Å²) in [6.45, 7) is 4.00. The lowest BCUT2D eigenvalue weighted by Crippen LogP contribution is -2.22. The summed E-state index contributed by atoms with van der Waals surface area (Å²) in [5, 5.41) is 1.56. The highest BCUT2D eigenvalue weighted by atomic mass is 35.5. The van der Waals surface area contributed by atoms with Gasteiger partial charge in [-0.15, -0.1) is 0 Å². The molecule has 0 saturated heterocycles. The van der Waals surface area contributed by atoms with Gasteiger partial charge in [0.05, 0.1) is 27.3 Å². The summed E-state index contributed by atoms with van der Waals surface area (Å²) in [7, 11) is 0. The van der Waals surface area contributed by atoms with E-state index < -0.39 is 0 Å². The molecule has 3 aromatic heterocycles. The second kappa shape index (κ2) is 8.50. The van der Waals surface area contributed by atoms with Crippen molar-refractivity contribution >= 4 is 39.9 Å². The fourth-order valence-electron chi connectivity index (χ4n) is 3.86. The van der Waals surface area contributed by atoms with Crippen molar-refractivity contribution in [2.45, 2.75) is 24.8 Å². The van der Waals surface area contributed by atoms with Crippen LogP contribution in [-0.2, 0) is 5.75 Å². The normalized spacial score (nSPS) is 11.4. The standard InChI is InChI=1S/C25H19ClN4O2S/c1-15-9-16(2)11-19(10-15)30-24(32)20-5-3-4-6-21(20)28-25(30)33-14-18-12-23(31)29-13-17(26)7-8-22(29)27-18/h3-13H,14H2,1-2H3. The highest BCUT2D eigenvalue weighted by molar-refractivity contribution is 7.98. The zero-order chi connectivity index (χ0) is 23.1. The van der Waals surface area contributed by atoms with Gasteiger partial charge in [-0.1, -0.05) is 41.6 Å². The molecule has 0 unspecified atom stereocenters. The van der Waals surface area contributed by atoms with Crippen LogP contribution in [0.3, 0.4) is 0 Å². The lowest BCUT2D eigenvalue weighted by molar-refractivity contribution is 0.817. The van der Waals surface area contributed by atoms with Gasteiger partial charge in [0, 0.05) is 18.0 Å². The number of hydrogen-bond donors (Lipinski definition) is 0. The molecule has 0 saturated carbocycles. The van der Waals surface area contributed by atoms with Gasteiger partial charge in [0.25, 0.3) is 11.1 Å². The Kier molecular flexibility index (Phi) is 5.52. The molecule has 0 spiro atoms. The van der Waals surface area contributed by atoms with Crippen LogP contribution in [-0.4, -0.2) is 18.9 Å². The van der Waals surface area contributed by atoms with E-state index in [1.165, 1.54) is 22.2 Å². The minimum absolute atomic E-state index is 0.130. The molecule has 0 N–H and O–H groups in total. The van der Waals surface area contributed by atoms with Crippen LogP contribution < -0.4 is 11.1 Å². The van der Waals surface area contributed by atoms with E-state index in [-0.39, 0.29) is 11.1 Å². The molecule has 2 aromatic carbocycles. The number of benzene rings is 2. The van der Waals surface area contributed by atoms with Gasteiger partial charge in [-0.3, -0.25) is 18.6 Å². The second-order valence-electron chi connectivity index (χ2n) is 7.85. The lowest BCUT2D eigenvalue weighted by atomic mass is 10.1. The van der Waals surface area contributed by atoms with Crippen molar-refractivity contribution in [1.82, 2.24) is 18.9 Å². The molecule has 0 aliphatic heterocycles. The molecule has 0 aliphatic rings. The maximum Gasteiger partial charge on any atom is 0.266 e. The van der Waals surface area contributed by atoms with Crippen molar-refractivity contribution < 1.29 is 0 Å². The molecule has 0 radical (unpaired) electrons. The third kappa shape index (κ3) is 4.17. The fourth-order valence-corrected chi connectivity index (χ4v) is 4.92. The van der Waals surface area contributed by atoms with Crippen LogP contribution in [0.5, 0.6) is 0 Å². The number of aromatic nitrogens is 4. The monoisotopic (exact) mass is 474 g/mol. The van der Waals surface area contributed by atoms with Crippen LogP contribution in [0, 0.1) is 13.8 Å².